The largest absolute Gasteiger partial charge is 0.462 e. The molecule has 1 aromatic carbocycles. The van der Waals surface area contributed by atoms with E-state index in [0.29, 0.717) is 51.1 Å². The quantitative estimate of drug-likeness (QED) is 0.502. The van der Waals surface area contributed by atoms with Crippen LogP contribution in [-0.2, 0) is 24.3 Å². The minimum atomic E-state index is -3.22. The second-order valence-electron chi connectivity index (χ2n) is 10.7. The van der Waals surface area contributed by atoms with Crippen molar-refractivity contribution in [3.05, 3.63) is 23.8 Å². The Morgan fingerprint density at radius 1 is 1.00 bits per heavy atom. The number of anilines is 2. The van der Waals surface area contributed by atoms with Gasteiger partial charge in [0.15, 0.2) is 0 Å². The molecule has 0 N–H and O–H groups in total. The van der Waals surface area contributed by atoms with Crippen LogP contribution in [0.5, 0.6) is 0 Å². The van der Waals surface area contributed by atoms with Gasteiger partial charge in [-0.1, -0.05) is 0 Å². The lowest BCUT2D eigenvalue weighted by Crippen LogP contribution is -2.48. The predicted octanol–water partition coefficient (Wildman–Crippen LogP) is 1.26. The van der Waals surface area contributed by atoms with E-state index in [0.717, 1.165) is 57.9 Å². The molecule has 1 spiro atoms. The van der Waals surface area contributed by atoms with E-state index in [9.17, 15) is 18.5 Å². The maximum atomic E-state index is 12.7. The summed E-state index contributed by atoms with van der Waals surface area (Å²) in [5.41, 5.74) is 2.44. The van der Waals surface area contributed by atoms with Crippen LogP contribution in [0.2, 0.25) is 0 Å². The number of nitriles is 1. The van der Waals surface area contributed by atoms with E-state index in [1.54, 1.807) is 0 Å². The first-order chi connectivity index (χ1) is 17.8. The van der Waals surface area contributed by atoms with Crippen LogP contribution in [0, 0.1) is 16.7 Å². The number of piperazine rings is 1. The van der Waals surface area contributed by atoms with E-state index >= 15 is 0 Å². The Hall–Kier alpha value is -2.39. The van der Waals surface area contributed by atoms with Crippen LogP contribution in [0.1, 0.15) is 31.2 Å². The summed E-state index contributed by atoms with van der Waals surface area (Å²) in [4.78, 5) is 19.9. The molecule has 10 nitrogen and oxygen atoms in total. The number of carbonyl (C=O) groups excluding carboxylic acids is 1. The van der Waals surface area contributed by atoms with Crippen LogP contribution in [0.3, 0.4) is 0 Å². The molecule has 0 bridgehead atoms. The van der Waals surface area contributed by atoms with Crippen molar-refractivity contribution in [1.29, 1.82) is 5.26 Å². The number of sulfonamides is 1. The highest BCUT2D eigenvalue weighted by Gasteiger charge is 2.51. The van der Waals surface area contributed by atoms with Gasteiger partial charge in [0.1, 0.15) is 6.10 Å². The van der Waals surface area contributed by atoms with Crippen molar-refractivity contribution in [2.75, 3.05) is 88.2 Å². The fourth-order valence-electron chi connectivity index (χ4n) is 6.11. The zero-order chi connectivity index (χ0) is 26.0. The van der Waals surface area contributed by atoms with Crippen LogP contribution in [0.25, 0.3) is 0 Å². The summed E-state index contributed by atoms with van der Waals surface area (Å²) in [6.07, 6.45) is 3.72. The zero-order valence-corrected chi connectivity index (χ0v) is 22.4. The number of hydrogen-bond acceptors (Lipinski definition) is 9. The number of carbonyl (C=O) groups is 1. The summed E-state index contributed by atoms with van der Waals surface area (Å²) in [5, 5.41) is 9.42. The smallest absolute Gasteiger partial charge is 0.312 e. The number of hydrogen-bond donors (Lipinski definition) is 0. The molecule has 0 aromatic heterocycles. The van der Waals surface area contributed by atoms with Gasteiger partial charge in [-0.2, -0.15) is 5.26 Å². The number of piperidine rings is 1. The summed E-state index contributed by atoms with van der Waals surface area (Å²) in [6.45, 7) is 8.38. The van der Waals surface area contributed by atoms with Gasteiger partial charge in [0.25, 0.3) is 0 Å². The maximum absolute atomic E-state index is 12.7. The number of nitrogens with zero attached hydrogens (tertiary/aromatic N) is 5. The van der Waals surface area contributed by atoms with Gasteiger partial charge in [-0.15, -0.1) is 0 Å². The first-order valence-corrected chi connectivity index (χ1v) is 15.1. The third-order valence-corrected chi connectivity index (χ3v) is 9.71. The minimum absolute atomic E-state index is 0.0956. The molecular formula is C26H37N5O5S. The van der Waals surface area contributed by atoms with Gasteiger partial charge in [-0.3, -0.25) is 9.69 Å². The predicted molar refractivity (Wildman–Crippen MR) is 140 cm³/mol. The van der Waals surface area contributed by atoms with Crippen molar-refractivity contribution in [2.24, 2.45) is 5.41 Å². The number of cyclic esters (lactones) is 1. The molecule has 0 aliphatic carbocycles. The van der Waals surface area contributed by atoms with Crippen LogP contribution >= 0.6 is 0 Å². The van der Waals surface area contributed by atoms with Crippen molar-refractivity contribution in [3.63, 3.8) is 0 Å². The van der Waals surface area contributed by atoms with Gasteiger partial charge in [-0.25, -0.2) is 12.7 Å². The first-order valence-electron chi connectivity index (χ1n) is 13.3. The minimum Gasteiger partial charge on any atom is -0.462 e. The van der Waals surface area contributed by atoms with Crippen molar-refractivity contribution < 1.29 is 22.7 Å². The summed E-state index contributed by atoms with van der Waals surface area (Å²) in [7, 11) is -3.22. The van der Waals surface area contributed by atoms with E-state index in [1.165, 1.54) is 16.2 Å². The van der Waals surface area contributed by atoms with Crippen LogP contribution in [-0.4, -0.2) is 108 Å². The number of morpholine rings is 1. The summed E-state index contributed by atoms with van der Waals surface area (Å²) < 4.78 is 36.4. The molecule has 4 fully saturated rings. The fourth-order valence-corrected chi connectivity index (χ4v) is 6.96. The van der Waals surface area contributed by atoms with Gasteiger partial charge < -0.3 is 19.3 Å². The molecule has 1 atom stereocenters. The Kier molecular flexibility index (Phi) is 7.63. The van der Waals surface area contributed by atoms with Crippen LogP contribution in [0.4, 0.5) is 11.4 Å². The summed E-state index contributed by atoms with van der Waals surface area (Å²) in [5.74, 6) is -0.146. The molecule has 5 rings (SSSR count). The van der Waals surface area contributed by atoms with E-state index in [2.05, 4.69) is 26.8 Å². The maximum Gasteiger partial charge on any atom is 0.312 e. The molecule has 0 saturated carbocycles. The lowest BCUT2D eigenvalue weighted by atomic mass is 9.76. The molecule has 37 heavy (non-hydrogen) atoms. The van der Waals surface area contributed by atoms with Crippen molar-refractivity contribution in [3.8, 4) is 6.07 Å². The second kappa shape index (κ2) is 10.8. The highest BCUT2D eigenvalue weighted by molar-refractivity contribution is 7.88. The lowest BCUT2D eigenvalue weighted by Gasteiger charge is -2.39. The molecule has 4 aliphatic rings. The SMILES string of the molecule is CS(=O)(=O)N1CCC2(CC1)CC(CCN1CCN(c3ccc(C#N)cc3N3CCOCC3)CC1)OC2=O. The summed E-state index contributed by atoms with van der Waals surface area (Å²) >= 11 is 0. The van der Waals surface area contributed by atoms with E-state index in [1.807, 2.05) is 12.1 Å². The average Bonchev–Trinajstić information content (AvgIpc) is 3.21. The Bertz CT molecular complexity index is 1130. The third-order valence-electron chi connectivity index (χ3n) is 8.41. The summed E-state index contributed by atoms with van der Waals surface area (Å²) in [6, 6.07) is 8.24. The molecule has 4 heterocycles. The van der Waals surface area contributed by atoms with E-state index < -0.39 is 15.4 Å². The highest BCUT2D eigenvalue weighted by atomic mass is 32.2. The van der Waals surface area contributed by atoms with Gasteiger partial charge in [0, 0.05) is 65.3 Å². The molecule has 1 aromatic rings. The second-order valence-corrected chi connectivity index (χ2v) is 12.7. The van der Waals surface area contributed by atoms with E-state index in [-0.39, 0.29) is 12.1 Å². The Labute approximate surface area is 219 Å². The number of ether oxygens (including phenoxy) is 2. The molecule has 0 amide bonds. The molecule has 0 radical (unpaired) electrons. The molecular weight excluding hydrogens is 494 g/mol. The zero-order valence-electron chi connectivity index (χ0n) is 21.6. The number of esters is 1. The van der Waals surface area contributed by atoms with Gasteiger partial charge >= 0.3 is 5.97 Å². The van der Waals surface area contributed by atoms with Gasteiger partial charge in [0.05, 0.1) is 47.9 Å². The fraction of sp³-hybridized carbons (Fsp3) is 0.692. The molecule has 1 unspecified atom stereocenters. The molecule has 4 aliphatic heterocycles. The van der Waals surface area contributed by atoms with Crippen LogP contribution < -0.4 is 9.80 Å². The highest BCUT2D eigenvalue weighted by Crippen LogP contribution is 2.44. The number of rotatable bonds is 6. The van der Waals surface area contributed by atoms with E-state index in [4.69, 9.17) is 9.47 Å². The molecule has 11 heteroatoms. The Morgan fingerprint density at radius 2 is 1.68 bits per heavy atom. The van der Waals surface area contributed by atoms with Gasteiger partial charge in [-0.05, 0) is 37.5 Å². The van der Waals surface area contributed by atoms with Crippen molar-refractivity contribution in [2.45, 2.75) is 31.8 Å². The molecule has 4 saturated heterocycles. The average molecular weight is 532 g/mol. The Balaban J connectivity index is 1.13. The lowest BCUT2D eigenvalue weighted by molar-refractivity contribution is -0.150. The monoisotopic (exact) mass is 531 g/mol. The normalized spacial score (nSPS) is 25.3. The third kappa shape index (κ3) is 5.72. The number of benzene rings is 1. The van der Waals surface area contributed by atoms with Crippen molar-refractivity contribution >= 4 is 27.4 Å². The van der Waals surface area contributed by atoms with Crippen molar-refractivity contribution in [1.82, 2.24) is 9.21 Å². The Morgan fingerprint density at radius 3 is 2.32 bits per heavy atom. The topological polar surface area (TPSA) is 106 Å². The first kappa shape index (κ1) is 26.2. The molecule has 202 valence electrons. The van der Waals surface area contributed by atoms with Gasteiger partial charge in [0.2, 0.25) is 10.0 Å². The standard InChI is InChI=1S/C26H37N5O5S/c1-37(33,34)31-8-5-26(6-9-31)19-22(36-25(26)32)4-7-28-10-12-29(13-11-28)23-3-2-21(20-27)18-24(23)30-14-16-35-17-15-30/h2-3,18,22H,4-17,19H2,1H3. The van der Waals surface area contributed by atoms with Crippen LogP contribution in [0.15, 0.2) is 18.2 Å².